The number of hydrogen-bond donors (Lipinski definition) is 0. The third-order valence-corrected chi connectivity index (χ3v) is 2.07. The molecule has 1 aliphatic rings. The molecule has 0 amide bonds. The summed E-state index contributed by atoms with van der Waals surface area (Å²) in [5.41, 5.74) is 4.29. The van der Waals surface area contributed by atoms with Crippen molar-refractivity contribution in [3.63, 3.8) is 0 Å². The van der Waals surface area contributed by atoms with Crippen LogP contribution in [-0.2, 0) is 6.42 Å². The van der Waals surface area contributed by atoms with Gasteiger partial charge in [-0.3, -0.25) is 0 Å². The molecule has 2 rings (SSSR count). The van der Waals surface area contributed by atoms with Crippen molar-refractivity contribution in [3.05, 3.63) is 28.8 Å². The number of rotatable bonds is 1. The second-order valence-electron chi connectivity index (χ2n) is 2.72. The number of aryl methyl sites for hydroxylation is 1. The third kappa shape index (κ3) is 0.635. The number of methoxy groups -OCH3 is 1. The van der Waals surface area contributed by atoms with Crippen LogP contribution in [0.2, 0.25) is 0 Å². The summed E-state index contributed by atoms with van der Waals surface area (Å²) < 4.78 is 5.15. The Morgan fingerprint density at radius 1 is 1.30 bits per heavy atom. The van der Waals surface area contributed by atoms with Crippen LogP contribution in [0.3, 0.4) is 0 Å². The summed E-state index contributed by atoms with van der Waals surface area (Å²) in [6, 6.07) is 4.16. The van der Waals surface area contributed by atoms with E-state index >= 15 is 0 Å². The number of benzene rings is 1. The fourth-order valence-electron chi connectivity index (χ4n) is 1.34. The van der Waals surface area contributed by atoms with Gasteiger partial charge in [-0.15, -0.1) is 0 Å². The van der Waals surface area contributed by atoms with Gasteiger partial charge in [-0.25, -0.2) is 0 Å². The van der Waals surface area contributed by atoms with Crippen LogP contribution in [0, 0.1) is 6.92 Å². The molecule has 1 nitrogen and oxygen atoms in total. The van der Waals surface area contributed by atoms with Crippen LogP contribution < -0.4 is 4.74 Å². The van der Waals surface area contributed by atoms with Crippen LogP contribution in [0.5, 0.6) is 5.75 Å². The Morgan fingerprint density at radius 2 is 2.10 bits per heavy atom. The van der Waals surface area contributed by atoms with E-state index in [1.54, 1.807) is 7.11 Å². The van der Waals surface area contributed by atoms with Gasteiger partial charge >= 0.3 is 0 Å². The highest BCUT2D eigenvalue weighted by molar-refractivity contribution is 5.58. The minimum atomic E-state index is 1.06. The molecule has 1 aromatic carbocycles. The van der Waals surface area contributed by atoms with Crippen molar-refractivity contribution in [2.45, 2.75) is 13.3 Å². The molecule has 0 unspecified atom stereocenters. The summed E-state index contributed by atoms with van der Waals surface area (Å²) in [6.07, 6.45) is 1.14. The first-order valence-corrected chi connectivity index (χ1v) is 3.48. The van der Waals surface area contributed by atoms with Crippen molar-refractivity contribution < 1.29 is 4.74 Å². The van der Waals surface area contributed by atoms with Gasteiger partial charge in [0.2, 0.25) is 0 Å². The Kier molecular flexibility index (Phi) is 1.01. The molecule has 10 heavy (non-hydrogen) atoms. The van der Waals surface area contributed by atoms with Crippen molar-refractivity contribution in [1.82, 2.24) is 0 Å². The van der Waals surface area contributed by atoms with Crippen LogP contribution in [0.4, 0.5) is 0 Å². The number of fused-ring (bicyclic) bond motifs is 1. The zero-order valence-electron chi connectivity index (χ0n) is 6.27. The van der Waals surface area contributed by atoms with Gasteiger partial charge in [0.1, 0.15) is 5.75 Å². The molecule has 0 saturated carbocycles. The second-order valence-corrected chi connectivity index (χ2v) is 2.72. The van der Waals surface area contributed by atoms with Gasteiger partial charge in [-0.05, 0) is 24.1 Å². The van der Waals surface area contributed by atoms with E-state index in [1.807, 2.05) is 6.07 Å². The first-order chi connectivity index (χ1) is 4.83. The summed E-state index contributed by atoms with van der Waals surface area (Å²) in [7, 11) is 1.73. The van der Waals surface area contributed by atoms with Crippen molar-refractivity contribution in [1.29, 1.82) is 0 Å². The van der Waals surface area contributed by atoms with Gasteiger partial charge in [0, 0.05) is 12.0 Å². The van der Waals surface area contributed by atoms with Crippen LogP contribution in [0.1, 0.15) is 16.7 Å². The first-order valence-electron chi connectivity index (χ1n) is 3.48. The lowest BCUT2D eigenvalue weighted by Gasteiger charge is -1.96. The van der Waals surface area contributed by atoms with Gasteiger partial charge in [0.25, 0.3) is 0 Å². The molecule has 1 aliphatic carbocycles. The van der Waals surface area contributed by atoms with Crippen LogP contribution in [0.25, 0.3) is 0 Å². The van der Waals surface area contributed by atoms with E-state index in [-0.39, 0.29) is 0 Å². The molecule has 0 aromatic heterocycles. The highest BCUT2D eigenvalue weighted by Crippen LogP contribution is 2.38. The van der Waals surface area contributed by atoms with Crippen molar-refractivity contribution in [2.75, 3.05) is 7.11 Å². The monoisotopic (exact) mass is 134 g/mol. The quantitative estimate of drug-likeness (QED) is 0.579. The van der Waals surface area contributed by atoms with Gasteiger partial charge < -0.3 is 4.74 Å². The molecule has 0 fully saturated rings. The molecule has 0 aliphatic heterocycles. The largest absolute Gasteiger partial charge is 0.496 e. The van der Waals surface area contributed by atoms with E-state index in [0.29, 0.717) is 0 Å². The van der Waals surface area contributed by atoms with E-state index in [0.717, 1.165) is 12.2 Å². The van der Waals surface area contributed by atoms with E-state index in [2.05, 4.69) is 13.0 Å². The highest BCUT2D eigenvalue weighted by Gasteiger charge is 2.23. The summed E-state index contributed by atoms with van der Waals surface area (Å²) >= 11 is 0. The lowest BCUT2D eigenvalue weighted by Crippen LogP contribution is -1.81. The Balaban J connectivity index is 2.53. The van der Waals surface area contributed by atoms with Gasteiger partial charge in [0.05, 0.1) is 7.11 Å². The molecule has 0 N–H and O–H groups in total. The summed E-state index contributed by atoms with van der Waals surface area (Å²) in [4.78, 5) is 0. The summed E-state index contributed by atoms with van der Waals surface area (Å²) in [5.74, 6) is 1.06. The molecule has 0 bridgehead atoms. The minimum absolute atomic E-state index is 1.06. The topological polar surface area (TPSA) is 9.23 Å². The van der Waals surface area contributed by atoms with E-state index in [9.17, 15) is 0 Å². The molecule has 0 heterocycles. The van der Waals surface area contributed by atoms with E-state index in [4.69, 9.17) is 4.74 Å². The fraction of sp³-hybridized carbons (Fsp3) is 0.333. The molecule has 0 spiro atoms. The molecule has 1 aromatic rings. The molecule has 1 heteroatoms. The first kappa shape index (κ1) is 5.78. The maximum absolute atomic E-state index is 5.15. The lowest BCUT2D eigenvalue weighted by atomic mass is 10.2. The minimum Gasteiger partial charge on any atom is -0.496 e. The summed E-state index contributed by atoms with van der Waals surface area (Å²) in [6.45, 7) is 2.14. The standard InChI is InChI=1S/C9H10O/c1-6-3-4-9(10-2)8-5-7(6)8/h3-4H,5H2,1-2H3. The second kappa shape index (κ2) is 1.75. The highest BCUT2D eigenvalue weighted by atomic mass is 16.5. The maximum Gasteiger partial charge on any atom is 0.122 e. The Morgan fingerprint density at radius 3 is 2.80 bits per heavy atom. The maximum atomic E-state index is 5.15. The molecule has 0 atom stereocenters. The number of hydrogen-bond acceptors (Lipinski definition) is 1. The lowest BCUT2D eigenvalue weighted by molar-refractivity contribution is 0.414. The van der Waals surface area contributed by atoms with Gasteiger partial charge in [-0.2, -0.15) is 0 Å². The predicted octanol–water partition coefficient (Wildman–Crippen LogP) is 1.91. The SMILES string of the molecule is COc1ccc(C)c2c1C2. The van der Waals surface area contributed by atoms with Gasteiger partial charge in [0.15, 0.2) is 0 Å². The molecular formula is C9H10O. The molecule has 52 valence electrons. The average Bonchev–Trinajstić information content (AvgIpc) is 2.68. The van der Waals surface area contributed by atoms with Crippen LogP contribution in [-0.4, -0.2) is 7.11 Å². The average molecular weight is 134 g/mol. The molecule has 0 saturated heterocycles. The van der Waals surface area contributed by atoms with Crippen LogP contribution >= 0.6 is 0 Å². The molecule has 0 radical (unpaired) electrons. The Bertz CT molecular complexity index is 276. The van der Waals surface area contributed by atoms with Crippen molar-refractivity contribution >= 4 is 0 Å². The molecular weight excluding hydrogens is 124 g/mol. The fourth-order valence-corrected chi connectivity index (χ4v) is 1.34. The third-order valence-electron chi connectivity index (χ3n) is 2.07. The van der Waals surface area contributed by atoms with Crippen LogP contribution in [0.15, 0.2) is 12.1 Å². The van der Waals surface area contributed by atoms with E-state index in [1.165, 1.54) is 16.7 Å². The smallest absolute Gasteiger partial charge is 0.122 e. The van der Waals surface area contributed by atoms with Gasteiger partial charge in [-0.1, -0.05) is 6.07 Å². The van der Waals surface area contributed by atoms with E-state index < -0.39 is 0 Å². The summed E-state index contributed by atoms with van der Waals surface area (Å²) in [5, 5.41) is 0. The normalized spacial score (nSPS) is 12.6. The number of ether oxygens (including phenoxy) is 1. The zero-order chi connectivity index (χ0) is 7.14. The Labute approximate surface area is 60.6 Å². The van der Waals surface area contributed by atoms with Crippen molar-refractivity contribution in [3.8, 4) is 5.75 Å². The van der Waals surface area contributed by atoms with Crippen molar-refractivity contribution in [2.24, 2.45) is 0 Å². The zero-order valence-corrected chi connectivity index (χ0v) is 6.27. The predicted molar refractivity (Wildman–Crippen MR) is 40.5 cm³/mol. The Hall–Kier alpha value is -0.980.